The highest BCUT2D eigenvalue weighted by molar-refractivity contribution is 6.29. The topological polar surface area (TPSA) is 71.2 Å². The van der Waals surface area contributed by atoms with Crippen LogP contribution in [0, 0.1) is 5.41 Å². The van der Waals surface area contributed by atoms with E-state index < -0.39 is 0 Å². The average molecular weight is 297 g/mol. The Kier molecular flexibility index (Phi) is 4.50. The number of carbonyl (C=O) groups excluding carboxylic acids is 1. The van der Waals surface area contributed by atoms with Crippen molar-refractivity contribution in [3.63, 3.8) is 0 Å². The van der Waals surface area contributed by atoms with Crippen molar-refractivity contribution in [3.05, 3.63) is 22.8 Å². The lowest BCUT2D eigenvalue weighted by Crippen LogP contribution is -2.32. The van der Waals surface area contributed by atoms with E-state index in [0.29, 0.717) is 11.4 Å². The second kappa shape index (κ2) is 5.97. The van der Waals surface area contributed by atoms with E-state index in [-0.39, 0.29) is 16.5 Å². The molecular formula is C14H21ClN4O. The van der Waals surface area contributed by atoms with E-state index in [1.165, 1.54) is 0 Å². The van der Waals surface area contributed by atoms with Crippen LogP contribution in [0.15, 0.2) is 12.1 Å². The molecule has 0 bridgehead atoms. The van der Waals surface area contributed by atoms with E-state index in [1.807, 2.05) is 4.90 Å². The van der Waals surface area contributed by atoms with Crippen molar-refractivity contribution in [3.8, 4) is 0 Å². The normalized spacial score (nSPS) is 17.3. The molecule has 20 heavy (non-hydrogen) atoms. The molecule has 1 aliphatic rings. The highest BCUT2D eigenvalue weighted by Crippen LogP contribution is 2.37. The van der Waals surface area contributed by atoms with E-state index in [9.17, 15) is 4.79 Å². The van der Waals surface area contributed by atoms with Crippen molar-refractivity contribution in [1.29, 1.82) is 0 Å². The van der Waals surface area contributed by atoms with Crippen LogP contribution < -0.4 is 11.3 Å². The number of aromatic nitrogens is 1. The summed E-state index contributed by atoms with van der Waals surface area (Å²) in [4.78, 5) is 18.4. The first-order chi connectivity index (χ1) is 9.53. The molecule has 5 nitrogen and oxygen atoms in total. The number of nitrogens with zero attached hydrogens (tertiary/aromatic N) is 2. The number of nitrogens with two attached hydrogens (primary N) is 1. The lowest BCUT2D eigenvalue weighted by molar-refractivity contribution is 0.0770. The van der Waals surface area contributed by atoms with Crippen LogP contribution in [-0.2, 0) is 0 Å². The van der Waals surface area contributed by atoms with Gasteiger partial charge in [0, 0.05) is 18.7 Å². The number of halogens is 1. The number of rotatable bonds is 4. The van der Waals surface area contributed by atoms with Gasteiger partial charge in [-0.2, -0.15) is 0 Å². The van der Waals surface area contributed by atoms with Crippen LogP contribution >= 0.6 is 11.6 Å². The van der Waals surface area contributed by atoms with Gasteiger partial charge in [-0.05, 0) is 36.8 Å². The number of hydrazine groups is 1. The number of hydrogen-bond donors (Lipinski definition) is 2. The van der Waals surface area contributed by atoms with Crippen molar-refractivity contribution in [2.45, 2.75) is 33.1 Å². The zero-order chi connectivity index (χ0) is 14.8. The van der Waals surface area contributed by atoms with Crippen LogP contribution in [0.4, 0.5) is 5.82 Å². The van der Waals surface area contributed by atoms with Gasteiger partial charge in [-0.15, -0.1) is 0 Å². The largest absolute Gasteiger partial charge is 0.338 e. The number of pyridine rings is 1. The third-order valence-corrected chi connectivity index (χ3v) is 4.61. The number of amides is 1. The lowest BCUT2D eigenvalue weighted by atomic mass is 9.82. The average Bonchev–Trinajstić information content (AvgIpc) is 2.91. The third kappa shape index (κ3) is 2.88. The Labute approximate surface area is 124 Å². The smallest absolute Gasteiger partial charge is 0.254 e. The summed E-state index contributed by atoms with van der Waals surface area (Å²) in [7, 11) is 0. The number of carbonyl (C=O) groups is 1. The number of nitrogens with one attached hydrogen (secondary N) is 1. The van der Waals surface area contributed by atoms with Gasteiger partial charge in [-0.25, -0.2) is 10.8 Å². The molecule has 0 unspecified atom stereocenters. The highest BCUT2D eigenvalue weighted by Gasteiger charge is 2.37. The summed E-state index contributed by atoms with van der Waals surface area (Å²) in [5, 5.41) is 0.264. The fourth-order valence-electron chi connectivity index (χ4n) is 2.81. The Morgan fingerprint density at radius 1 is 1.50 bits per heavy atom. The number of anilines is 1. The molecular weight excluding hydrogens is 276 g/mol. The standard InChI is InChI=1S/C14H21ClN4O/c1-3-14(4-2)5-6-19(9-14)13(20)10-7-11(15)17-12(8-10)18-16/h7-8H,3-6,9,16H2,1-2H3,(H,17,18). The van der Waals surface area contributed by atoms with Crippen LogP contribution in [-0.4, -0.2) is 28.9 Å². The Balaban J connectivity index is 2.19. The van der Waals surface area contributed by atoms with Gasteiger partial charge in [0.15, 0.2) is 0 Å². The molecule has 0 spiro atoms. The molecule has 0 aromatic carbocycles. The minimum absolute atomic E-state index is 0.00502. The maximum absolute atomic E-state index is 12.6. The summed E-state index contributed by atoms with van der Waals surface area (Å²) in [6.07, 6.45) is 3.26. The molecule has 1 aliphatic heterocycles. The molecule has 1 aromatic heterocycles. The lowest BCUT2D eigenvalue weighted by Gasteiger charge is -2.26. The summed E-state index contributed by atoms with van der Waals surface area (Å²) >= 11 is 5.91. The summed E-state index contributed by atoms with van der Waals surface area (Å²) < 4.78 is 0. The Bertz CT molecular complexity index is 502. The van der Waals surface area contributed by atoms with Crippen molar-refractivity contribution in [1.82, 2.24) is 9.88 Å². The van der Waals surface area contributed by atoms with Crippen molar-refractivity contribution in [2.24, 2.45) is 11.3 Å². The van der Waals surface area contributed by atoms with Gasteiger partial charge in [0.1, 0.15) is 11.0 Å². The maximum atomic E-state index is 12.6. The molecule has 0 atom stereocenters. The second-order valence-corrected chi connectivity index (χ2v) is 5.78. The zero-order valence-electron chi connectivity index (χ0n) is 11.9. The van der Waals surface area contributed by atoms with Crippen LogP contribution in [0.2, 0.25) is 5.15 Å². The summed E-state index contributed by atoms with van der Waals surface area (Å²) in [6.45, 7) is 5.99. The Morgan fingerprint density at radius 3 is 2.75 bits per heavy atom. The minimum atomic E-state index is -0.00502. The van der Waals surface area contributed by atoms with Crippen LogP contribution in [0.25, 0.3) is 0 Å². The second-order valence-electron chi connectivity index (χ2n) is 5.39. The van der Waals surface area contributed by atoms with Crippen LogP contribution in [0.3, 0.4) is 0 Å². The fraction of sp³-hybridized carbons (Fsp3) is 0.571. The third-order valence-electron chi connectivity index (χ3n) is 4.41. The van der Waals surface area contributed by atoms with E-state index in [4.69, 9.17) is 17.4 Å². The predicted molar refractivity (Wildman–Crippen MR) is 80.6 cm³/mol. The molecule has 0 saturated carbocycles. The Hall–Kier alpha value is -1.33. The fourth-order valence-corrected chi connectivity index (χ4v) is 3.02. The maximum Gasteiger partial charge on any atom is 0.254 e. The van der Waals surface area contributed by atoms with E-state index in [0.717, 1.165) is 32.4 Å². The molecule has 0 aliphatic carbocycles. The molecule has 1 fully saturated rings. The predicted octanol–water partition coefficient (Wildman–Crippen LogP) is 2.67. The molecule has 2 heterocycles. The summed E-state index contributed by atoms with van der Waals surface area (Å²) in [6, 6.07) is 3.22. The number of nitrogen functional groups attached to an aromatic ring is 1. The van der Waals surface area contributed by atoms with Crippen LogP contribution in [0.1, 0.15) is 43.5 Å². The SMILES string of the molecule is CCC1(CC)CCN(C(=O)c2cc(Cl)nc(NN)c2)C1. The van der Waals surface area contributed by atoms with Gasteiger partial charge in [0.2, 0.25) is 0 Å². The van der Waals surface area contributed by atoms with E-state index >= 15 is 0 Å². The number of hydrogen-bond acceptors (Lipinski definition) is 4. The van der Waals surface area contributed by atoms with E-state index in [1.54, 1.807) is 12.1 Å². The van der Waals surface area contributed by atoms with Gasteiger partial charge in [0.05, 0.1) is 0 Å². The van der Waals surface area contributed by atoms with Gasteiger partial charge >= 0.3 is 0 Å². The highest BCUT2D eigenvalue weighted by atomic mass is 35.5. The molecule has 2 rings (SSSR count). The monoisotopic (exact) mass is 296 g/mol. The summed E-state index contributed by atoms with van der Waals surface area (Å²) in [5.74, 6) is 5.73. The molecule has 6 heteroatoms. The Morgan fingerprint density at radius 2 is 2.20 bits per heavy atom. The molecule has 1 amide bonds. The molecule has 1 saturated heterocycles. The molecule has 110 valence electrons. The van der Waals surface area contributed by atoms with Crippen molar-refractivity contribution < 1.29 is 4.79 Å². The van der Waals surface area contributed by atoms with Gasteiger partial charge < -0.3 is 10.3 Å². The summed E-state index contributed by atoms with van der Waals surface area (Å²) in [5.41, 5.74) is 3.22. The van der Waals surface area contributed by atoms with Crippen LogP contribution in [0.5, 0.6) is 0 Å². The quantitative estimate of drug-likeness (QED) is 0.509. The van der Waals surface area contributed by atoms with E-state index in [2.05, 4.69) is 24.3 Å². The molecule has 3 N–H and O–H groups in total. The minimum Gasteiger partial charge on any atom is -0.338 e. The first kappa shape index (κ1) is 15.1. The first-order valence-electron chi connectivity index (χ1n) is 6.97. The van der Waals surface area contributed by atoms with Crippen molar-refractivity contribution in [2.75, 3.05) is 18.5 Å². The van der Waals surface area contributed by atoms with Crippen molar-refractivity contribution >= 4 is 23.3 Å². The first-order valence-corrected chi connectivity index (χ1v) is 7.35. The van der Waals surface area contributed by atoms with Gasteiger partial charge in [0.25, 0.3) is 5.91 Å². The zero-order valence-corrected chi connectivity index (χ0v) is 12.7. The van der Waals surface area contributed by atoms with Gasteiger partial charge in [-0.3, -0.25) is 4.79 Å². The molecule has 0 radical (unpaired) electrons. The van der Waals surface area contributed by atoms with Gasteiger partial charge in [-0.1, -0.05) is 25.4 Å². The molecule has 1 aromatic rings. The number of likely N-dealkylation sites (tertiary alicyclic amines) is 1.